The topological polar surface area (TPSA) is 41.4 Å². The minimum Gasteiger partial charge on any atom is -0.311 e. The van der Waals surface area contributed by atoms with Crippen LogP contribution < -0.4 is 4.90 Å². The molecule has 0 atom stereocenters. The van der Waals surface area contributed by atoms with E-state index in [4.69, 9.17) is 0 Å². The van der Waals surface area contributed by atoms with Crippen molar-refractivity contribution >= 4 is 12.1 Å². The number of carbonyl (C=O) groups is 1. The molecule has 0 saturated carbocycles. The fourth-order valence-electron chi connectivity index (χ4n) is 2.35. The summed E-state index contributed by atoms with van der Waals surface area (Å²) >= 11 is 0. The van der Waals surface area contributed by atoms with Crippen molar-refractivity contribution in [1.82, 2.24) is 14.7 Å². The van der Waals surface area contributed by atoms with E-state index >= 15 is 0 Å². The highest BCUT2D eigenvalue weighted by molar-refractivity contribution is 5.76. The van der Waals surface area contributed by atoms with Crippen LogP contribution in [0.25, 0.3) is 0 Å². The van der Waals surface area contributed by atoms with E-state index in [1.165, 1.54) is 0 Å². The number of carbonyl (C=O) groups excluding carboxylic acids is 1. The van der Waals surface area contributed by atoms with Gasteiger partial charge in [-0.3, -0.25) is 14.4 Å². The molecule has 0 aromatic carbocycles. The Balaban J connectivity index is 2.25. The Morgan fingerprint density at radius 3 is 2.84 bits per heavy atom. The molecule has 5 nitrogen and oxygen atoms in total. The van der Waals surface area contributed by atoms with Crippen molar-refractivity contribution in [2.45, 2.75) is 40.3 Å². The zero-order chi connectivity index (χ0) is 14.0. The molecular formula is C14H24N4O. The van der Waals surface area contributed by atoms with Crippen molar-refractivity contribution in [3.63, 3.8) is 0 Å². The number of anilines is 1. The average Bonchev–Trinajstić information content (AvgIpc) is 2.79. The molecule has 19 heavy (non-hydrogen) atoms. The second kappa shape index (κ2) is 5.33. The monoisotopic (exact) mass is 264 g/mol. The molecule has 0 spiro atoms. The third-order valence-electron chi connectivity index (χ3n) is 4.03. The molecule has 0 fully saturated rings. The number of hydrogen-bond acceptors (Lipinski definition) is 3. The van der Waals surface area contributed by atoms with Crippen molar-refractivity contribution in [3.8, 4) is 0 Å². The maximum absolute atomic E-state index is 11.4. The van der Waals surface area contributed by atoms with Crippen LogP contribution >= 0.6 is 0 Å². The fraction of sp³-hybridized carbons (Fsp3) is 0.714. The molecule has 2 heterocycles. The summed E-state index contributed by atoms with van der Waals surface area (Å²) in [5, 5.41) is 4.41. The molecule has 2 rings (SSSR count). The van der Waals surface area contributed by atoms with E-state index in [1.807, 2.05) is 15.8 Å². The van der Waals surface area contributed by atoms with Gasteiger partial charge in [0.05, 0.1) is 24.1 Å². The first kappa shape index (κ1) is 14.1. The van der Waals surface area contributed by atoms with Crippen molar-refractivity contribution in [2.75, 3.05) is 25.0 Å². The first-order valence-corrected chi connectivity index (χ1v) is 6.92. The molecule has 1 amide bonds. The molecule has 0 radical (unpaired) electrons. The van der Waals surface area contributed by atoms with Crippen LogP contribution in [0.1, 0.15) is 32.9 Å². The standard InChI is InChI=1S/C14H24N4O/c1-5-14(2,3)10-17(11-19)12-8-15-18-7-6-16(4)9-13(12)18/h8,11H,5-7,9-10H2,1-4H3. The summed E-state index contributed by atoms with van der Waals surface area (Å²) in [6.45, 7) is 10.0. The molecule has 1 aliphatic rings. The SMILES string of the molecule is CCC(C)(C)CN(C=O)c1cnn2c1CN(C)CC2. The maximum Gasteiger partial charge on any atom is 0.214 e. The molecule has 1 aromatic rings. The Morgan fingerprint density at radius 2 is 2.21 bits per heavy atom. The molecule has 0 unspecified atom stereocenters. The van der Waals surface area contributed by atoms with Crippen molar-refractivity contribution in [2.24, 2.45) is 5.41 Å². The zero-order valence-electron chi connectivity index (χ0n) is 12.4. The van der Waals surface area contributed by atoms with E-state index in [0.717, 1.165) is 50.4 Å². The normalized spacial score (nSPS) is 16.2. The zero-order valence-corrected chi connectivity index (χ0v) is 12.4. The molecule has 0 aliphatic carbocycles. The van der Waals surface area contributed by atoms with Crippen LogP contribution in [0.2, 0.25) is 0 Å². The van der Waals surface area contributed by atoms with Crippen LogP contribution in [0, 0.1) is 5.41 Å². The summed E-state index contributed by atoms with van der Waals surface area (Å²) in [5.41, 5.74) is 2.23. The van der Waals surface area contributed by atoms with E-state index in [1.54, 1.807) is 0 Å². The van der Waals surface area contributed by atoms with E-state index < -0.39 is 0 Å². The van der Waals surface area contributed by atoms with Crippen LogP contribution in [-0.4, -0.2) is 41.2 Å². The predicted molar refractivity (Wildman–Crippen MR) is 76.0 cm³/mol. The van der Waals surface area contributed by atoms with Gasteiger partial charge in [0.25, 0.3) is 0 Å². The second-order valence-electron chi connectivity index (χ2n) is 6.19. The van der Waals surface area contributed by atoms with Crippen molar-refractivity contribution in [1.29, 1.82) is 0 Å². The molecule has 1 aromatic heterocycles. The number of rotatable bonds is 5. The second-order valence-corrected chi connectivity index (χ2v) is 6.19. The van der Waals surface area contributed by atoms with Crippen LogP contribution in [0.15, 0.2) is 6.20 Å². The van der Waals surface area contributed by atoms with Gasteiger partial charge >= 0.3 is 0 Å². The van der Waals surface area contributed by atoms with Crippen LogP contribution in [0.5, 0.6) is 0 Å². The van der Waals surface area contributed by atoms with E-state index in [-0.39, 0.29) is 5.41 Å². The minimum absolute atomic E-state index is 0.121. The maximum atomic E-state index is 11.4. The van der Waals surface area contributed by atoms with Gasteiger partial charge in [-0.25, -0.2) is 0 Å². The van der Waals surface area contributed by atoms with E-state index in [2.05, 4.69) is 37.8 Å². The van der Waals surface area contributed by atoms with Gasteiger partial charge in [-0.2, -0.15) is 5.10 Å². The van der Waals surface area contributed by atoms with Crippen molar-refractivity contribution < 1.29 is 4.79 Å². The van der Waals surface area contributed by atoms with E-state index in [0.29, 0.717) is 0 Å². The van der Waals surface area contributed by atoms with Gasteiger partial charge in [0.15, 0.2) is 0 Å². The highest BCUT2D eigenvalue weighted by atomic mass is 16.1. The average molecular weight is 264 g/mol. The summed E-state index contributed by atoms with van der Waals surface area (Å²) in [4.78, 5) is 15.5. The van der Waals surface area contributed by atoms with Crippen LogP contribution in [0.3, 0.4) is 0 Å². The first-order chi connectivity index (χ1) is 8.96. The van der Waals surface area contributed by atoms with Gasteiger partial charge in [0, 0.05) is 19.6 Å². The summed E-state index contributed by atoms with van der Waals surface area (Å²) in [6.07, 6.45) is 3.80. The van der Waals surface area contributed by atoms with Gasteiger partial charge in [0.1, 0.15) is 0 Å². The molecule has 0 N–H and O–H groups in total. The fourth-order valence-corrected chi connectivity index (χ4v) is 2.35. The Kier molecular flexibility index (Phi) is 3.94. The van der Waals surface area contributed by atoms with Gasteiger partial charge in [-0.15, -0.1) is 0 Å². The summed E-state index contributed by atoms with van der Waals surface area (Å²) in [5.74, 6) is 0. The van der Waals surface area contributed by atoms with Gasteiger partial charge in [-0.05, 0) is 18.9 Å². The molecule has 0 bridgehead atoms. The number of likely N-dealkylation sites (N-methyl/N-ethyl adjacent to an activating group) is 1. The van der Waals surface area contributed by atoms with Crippen LogP contribution in [-0.2, 0) is 17.9 Å². The minimum atomic E-state index is 0.121. The number of aromatic nitrogens is 2. The molecule has 5 heteroatoms. The lowest BCUT2D eigenvalue weighted by molar-refractivity contribution is -0.107. The molecule has 1 aliphatic heterocycles. The lowest BCUT2D eigenvalue weighted by Gasteiger charge is -2.31. The Morgan fingerprint density at radius 1 is 1.47 bits per heavy atom. The Bertz CT molecular complexity index is 452. The highest BCUT2D eigenvalue weighted by Crippen LogP contribution is 2.28. The molecular weight excluding hydrogens is 240 g/mol. The highest BCUT2D eigenvalue weighted by Gasteiger charge is 2.25. The molecule has 106 valence electrons. The van der Waals surface area contributed by atoms with Gasteiger partial charge in [0.2, 0.25) is 6.41 Å². The summed E-state index contributed by atoms with van der Waals surface area (Å²) in [7, 11) is 2.10. The first-order valence-electron chi connectivity index (χ1n) is 6.92. The number of amides is 1. The Hall–Kier alpha value is -1.36. The molecule has 0 saturated heterocycles. The van der Waals surface area contributed by atoms with Gasteiger partial charge < -0.3 is 4.90 Å². The third-order valence-corrected chi connectivity index (χ3v) is 4.03. The van der Waals surface area contributed by atoms with Crippen LogP contribution in [0.4, 0.5) is 5.69 Å². The number of hydrogen-bond donors (Lipinski definition) is 0. The van der Waals surface area contributed by atoms with Crippen molar-refractivity contribution in [3.05, 3.63) is 11.9 Å². The largest absolute Gasteiger partial charge is 0.311 e. The summed E-state index contributed by atoms with van der Waals surface area (Å²) < 4.78 is 2.02. The lowest BCUT2D eigenvalue weighted by atomic mass is 9.89. The Labute approximate surface area is 115 Å². The summed E-state index contributed by atoms with van der Waals surface area (Å²) in [6, 6.07) is 0. The quantitative estimate of drug-likeness (QED) is 0.761. The number of nitrogens with zero attached hydrogens (tertiary/aromatic N) is 4. The number of fused-ring (bicyclic) bond motifs is 1. The third kappa shape index (κ3) is 2.97. The lowest BCUT2D eigenvalue weighted by Crippen LogP contribution is -2.35. The smallest absolute Gasteiger partial charge is 0.214 e. The van der Waals surface area contributed by atoms with Gasteiger partial charge in [-0.1, -0.05) is 20.8 Å². The predicted octanol–water partition coefficient (Wildman–Crippen LogP) is 1.73. The van der Waals surface area contributed by atoms with E-state index in [9.17, 15) is 4.79 Å².